The summed E-state index contributed by atoms with van der Waals surface area (Å²) in [5, 5.41) is 0. The Hall–Kier alpha value is -3.61. The van der Waals surface area contributed by atoms with Gasteiger partial charge in [0.05, 0.1) is 18.6 Å². The minimum Gasteiger partial charge on any atom is -0.492 e. The maximum atomic E-state index is 13.4. The molecule has 7 nitrogen and oxygen atoms in total. The van der Waals surface area contributed by atoms with Gasteiger partial charge in [-0.25, -0.2) is 14.3 Å². The number of benzene rings is 2. The molecule has 160 valence electrons. The number of aryl methyl sites for hydroxylation is 1. The van der Waals surface area contributed by atoms with Crippen molar-refractivity contribution in [2.75, 3.05) is 6.61 Å². The van der Waals surface area contributed by atoms with Crippen molar-refractivity contribution in [2.45, 2.75) is 33.9 Å². The van der Waals surface area contributed by atoms with E-state index in [2.05, 4.69) is 4.98 Å². The van der Waals surface area contributed by atoms with Crippen molar-refractivity contribution >= 4 is 11.2 Å². The van der Waals surface area contributed by atoms with Crippen LogP contribution in [0.4, 0.5) is 0 Å². The van der Waals surface area contributed by atoms with E-state index in [0.29, 0.717) is 30.9 Å². The molecule has 2 heterocycles. The number of rotatable bonds is 7. The van der Waals surface area contributed by atoms with Crippen LogP contribution in [0.3, 0.4) is 0 Å². The van der Waals surface area contributed by atoms with Crippen molar-refractivity contribution in [1.29, 1.82) is 0 Å². The molecule has 0 aliphatic rings. The molecule has 0 saturated carbocycles. The van der Waals surface area contributed by atoms with Crippen molar-refractivity contribution in [3.05, 3.63) is 87.3 Å². The van der Waals surface area contributed by atoms with E-state index in [0.717, 1.165) is 17.0 Å². The lowest BCUT2D eigenvalue weighted by Gasteiger charge is -2.15. The van der Waals surface area contributed by atoms with Crippen LogP contribution in [-0.2, 0) is 13.1 Å². The quantitative estimate of drug-likeness (QED) is 0.461. The standard InChI is InChI=1S/C24H26N4O3/c1-17(2)15-27-23(29)21-22(28(24(27)30)20-12-8-7-9-18(20)3)25-16-26(21)13-14-31-19-10-5-4-6-11-19/h4-12,16-17H,13-15H2,1-3H3. The summed E-state index contributed by atoms with van der Waals surface area (Å²) in [5.74, 6) is 0.909. The van der Waals surface area contributed by atoms with E-state index in [1.54, 1.807) is 15.5 Å². The molecule has 31 heavy (non-hydrogen) atoms. The largest absolute Gasteiger partial charge is 0.492 e. The van der Waals surface area contributed by atoms with Gasteiger partial charge in [0.2, 0.25) is 0 Å². The molecule has 2 aromatic carbocycles. The lowest BCUT2D eigenvalue weighted by atomic mass is 10.2. The van der Waals surface area contributed by atoms with Crippen LogP contribution in [0.25, 0.3) is 16.9 Å². The Kier molecular flexibility index (Phi) is 5.75. The number of hydrogen-bond acceptors (Lipinski definition) is 4. The average molecular weight is 418 g/mol. The van der Waals surface area contributed by atoms with E-state index < -0.39 is 0 Å². The Morgan fingerprint density at radius 3 is 2.42 bits per heavy atom. The highest BCUT2D eigenvalue weighted by molar-refractivity contribution is 5.72. The first kappa shape index (κ1) is 20.7. The van der Waals surface area contributed by atoms with Crippen molar-refractivity contribution in [2.24, 2.45) is 5.92 Å². The van der Waals surface area contributed by atoms with Crippen molar-refractivity contribution in [3.8, 4) is 11.4 Å². The van der Waals surface area contributed by atoms with Crippen LogP contribution in [0.2, 0.25) is 0 Å². The number of aromatic nitrogens is 4. The third-order valence-electron chi connectivity index (χ3n) is 5.15. The Morgan fingerprint density at radius 1 is 1.00 bits per heavy atom. The Morgan fingerprint density at radius 2 is 1.71 bits per heavy atom. The molecule has 0 amide bonds. The molecule has 2 aromatic heterocycles. The molecular weight excluding hydrogens is 392 g/mol. The van der Waals surface area contributed by atoms with Gasteiger partial charge in [0.25, 0.3) is 5.56 Å². The monoisotopic (exact) mass is 418 g/mol. The number of hydrogen-bond donors (Lipinski definition) is 0. The lowest BCUT2D eigenvalue weighted by Crippen LogP contribution is -2.41. The SMILES string of the molecule is Cc1ccccc1-n1c(=O)n(CC(C)C)c(=O)c2c1ncn2CCOc1ccccc1. The van der Waals surface area contributed by atoms with Gasteiger partial charge < -0.3 is 9.30 Å². The molecule has 0 N–H and O–H groups in total. The molecule has 4 aromatic rings. The van der Waals surface area contributed by atoms with Gasteiger partial charge in [-0.1, -0.05) is 50.2 Å². The van der Waals surface area contributed by atoms with Gasteiger partial charge >= 0.3 is 5.69 Å². The fourth-order valence-electron chi connectivity index (χ4n) is 3.69. The molecule has 0 bridgehead atoms. The Balaban J connectivity index is 1.83. The summed E-state index contributed by atoms with van der Waals surface area (Å²) in [6.45, 7) is 7.07. The number of fused-ring (bicyclic) bond motifs is 1. The third kappa shape index (κ3) is 4.03. The first-order valence-electron chi connectivity index (χ1n) is 10.4. The van der Waals surface area contributed by atoms with Crippen LogP contribution in [0.15, 0.2) is 70.5 Å². The van der Waals surface area contributed by atoms with Gasteiger partial charge in [-0.3, -0.25) is 9.36 Å². The molecule has 0 fully saturated rings. The van der Waals surface area contributed by atoms with Gasteiger partial charge in [0, 0.05) is 6.54 Å². The summed E-state index contributed by atoms with van der Waals surface area (Å²) >= 11 is 0. The zero-order valence-electron chi connectivity index (χ0n) is 18.0. The van der Waals surface area contributed by atoms with Gasteiger partial charge in [-0.2, -0.15) is 0 Å². The van der Waals surface area contributed by atoms with Crippen molar-refractivity contribution < 1.29 is 4.74 Å². The number of imidazole rings is 1. The van der Waals surface area contributed by atoms with Gasteiger partial charge in [0.1, 0.15) is 12.4 Å². The van der Waals surface area contributed by atoms with Crippen LogP contribution >= 0.6 is 0 Å². The van der Waals surface area contributed by atoms with Gasteiger partial charge in [-0.05, 0) is 36.6 Å². The van der Waals surface area contributed by atoms with E-state index in [4.69, 9.17) is 4.74 Å². The van der Waals surface area contributed by atoms with Crippen molar-refractivity contribution in [1.82, 2.24) is 18.7 Å². The molecule has 0 unspecified atom stereocenters. The highest BCUT2D eigenvalue weighted by Gasteiger charge is 2.20. The third-order valence-corrected chi connectivity index (χ3v) is 5.15. The number of nitrogens with zero attached hydrogens (tertiary/aromatic N) is 4. The van der Waals surface area contributed by atoms with E-state index in [-0.39, 0.29) is 17.2 Å². The molecule has 0 spiro atoms. The van der Waals surface area contributed by atoms with Crippen molar-refractivity contribution in [3.63, 3.8) is 0 Å². The summed E-state index contributed by atoms with van der Waals surface area (Å²) in [6, 6.07) is 17.1. The smallest absolute Gasteiger partial charge is 0.337 e. The molecule has 7 heteroatoms. The van der Waals surface area contributed by atoms with Crippen LogP contribution < -0.4 is 16.0 Å². The molecule has 0 aliphatic carbocycles. The van der Waals surface area contributed by atoms with Crippen LogP contribution in [0.1, 0.15) is 19.4 Å². The molecule has 0 aliphatic heterocycles. The van der Waals surface area contributed by atoms with Crippen LogP contribution in [0.5, 0.6) is 5.75 Å². The predicted molar refractivity (Wildman–Crippen MR) is 121 cm³/mol. The fraction of sp³-hybridized carbons (Fsp3) is 0.292. The highest BCUT2D eigenvalue weighted by atomic mass is 16.5. The first-order chi connectivity index (χ1) is 15.0. The second-order valence-electron chi connectivity index (χ2n) is 7.99. The van der Waals surface area contributed by atoms with Crippen LogP contribution in [-0.4, -0.2) is 25.3 Å². The Bertz CT molecular complexity index is 1320. The average Bonchev–Trinajstić information content (AvgIpc) is 3.17. The zero-order valence-corrected chi connectivity index (χ0v) is 18.0. The summed E-state index contributed by atoms with van der Waals surface area (Å²) in [6.07, 6.45) is 1.61. The molecule has 0 atom stereocenters. The molecule has 4 rings (SSSR count). The molecule has 0 saturated heterocycles. The predicted octanol–water partition coefficient (Wildman–Crippen LogP) is 3.39. The normalized spacial score (nSPS) is 11.4. The summed E-state index contributed by atoms with van der Waals surface area (Å²) in [7, 11) is 0. The van der Waals surface area contributed by atoms with E-state index in [9.17, 15) is 9.59 Å². The summed E-state index contributed by atoms with van der Waals surface area (Å²) in [5.41, 5.74) is 1.73. The number of ether oxygens (including phenoxy) is 1. The molecular formula is C24H26N4O3. The highest BCUT2D eigenvalue weighted by Crippen LogP contribution is 2.17. The second kappa shape index (κ2) is 8.63. The Labute approximate surface area is 180 Å². The lowest BCUT2D eigenvalue weighted by molar-refractivity contribution is 0.300. The first-order valence-corrected chi connectivity index (χ1v) is 10.4. The summed E-state index contributed by atoms with van der Waals surface area (Å²) in [4.78, 5) is 31.1. The van der Waals surface area contributed by atoms with Gasteiger partial charge in [0.15, 0.2) is 11.2 Å². The minimum atomic E-state index is -0.369. The maximum Gasteiger partial charge on any atom is 0.337 e. The fourth-order valence-corrected chi connectivity index (χ4v) is 3.69. The molecule has 0 radical (unpaired) electrons. The van der Waals surface area contributed by atoms with Crippen LogP contribution in [0, 0.1) is 12.8 Å². The topological polar surface area (TPSA) is 71.0 Å². The van der Waals surface area contributed by atoms with E-state index in [1.807, 2.05) is 75.4 Å². The van der Waals surface area contributed by atoms with E-state index in [1.165, 1.54) is 4.57 Å². The van der Waals surface area contributed by atoms with Gasteiger partial charge in [-0.15, -0.1) is 0 Å². The minimum absolute atomic E-state index is 0.144. The second-order valence-corrected chi connectivity index (χ2v) is 7.99. The zero-order chi connectivity index (χ0) is 22.0. The maximum absolute atomic E-state index is 13.4. The van der Waals surface area contributed by atoms with E-state index >= 15 is 0 Å². The summed E-state index contributed by atoms with van der Waals surface area (Å²) < 4.78 is 10.4. The number of para-hydroxylation sites is 2.